The summed E-state index contributed by atoms with van der Waals surface area (Å²) in [5.74, 6) is 1.77. The molecular formula is C14H26N2O. The molecule has 2 aliphatic rings. The minimum absolute atomic E-state index is 0.0874. The molecule has 1 saturated heterocycles. The Hall–Kier alpha value is -0.570. The molecule has 1 aliphatic carbocycles. The Morgan fingerprint density at radius 2 is 2.06 bits per heavy atom. The topological polar surface area (TPSA) is 32.3 Å². The van der Waals surface area contributed by atoms with Crippen LogP contribution in [0.15, 0.2) is 0 Å². The molecule has 3 heteroatoms. The van der Waals surface area contributed by atoms with E-state index < -0.39 is 0 Å². The quantitative estimate of drug-likeness (QED) is 0.816. The minimum atomic E-state index is 0.0874. The molecule has 1 amide bonds. The first-order valence-corrected chi connectivity index (χ1v) is 7.19. The van der Waals surface area contributed by atoms with Gasteiger partial charge in [-0.1, -0.05) is 33.6 Å². The van der Waals surface area contributed by atoms with Crippen molar-refractivity contribution in [3.63, 3.8) is 0 Å². The molecular weight excluding hydrogens is 212 g/mol. The van der Waals surface area contributed by atoms with Gasteiger partial charge >= 0.3 is 0 Å². The molecule has 1 saturated carbocycles. The van der Waals surface area contributed by atoms with Crippen LogP contribution in [0, 0.1) is 11.8 Å². The van der Waals surface area contributed by atoms with Crippen LogP contribution in [0.1, 0.15) is 46.5 Å². The molecule has 0 spiro atoms. The van der Waals surface area contributed by atoms with Gasteiger partial charge in [0.15, 0.2) is 0 Å². The Morgan fingerprint density at radius 1 is 1.29 bits per heavy atom. The predicted molar refractivity (Wildman–Crippen MR) is 69.8 cm³/mol. The van der Waals surface area contributed by atoms with Crippen molar-refractivity contribution in [2.24, 2.45) is 11.8 Å². The van der Waals surface area contributed by atoms with Crippen LogP contribution in [0.25, 0.3) is 0 Å². The highest BCUT2D eigenvalue weighted by Crippen LogP contribution is 2.34. The van der Waals surface area contributed by atoms with Crippen LogP contribution in [-0.4, -0.2) is 36.0 Å². The van der Waals surface area contributed by atoms with E-state index in [9.17, 15) is 4.79 Å². The lowest BCUT2D eigenvalue weighted by atomic mass is 9.77. The van der Waals surface area contributed by atoms with Crippen LogP contribution in [0.4, 0.5) is 0 Å². The fourth-order valence-electron chi connectivity index (χ4n) is 3.46. The molecule has 1 N–H and O–H groups in total. The van der Waals surface area contributed by atoms with Gasteiger partial charge in [-0.3, -0.25) is 4.79 Å². The molecule has 2 rings (SSSR count). The van der Waals surface area contributed by atoms with Gasteiger partial charge in [0.1, 0.15) is 0 Å². The van der Waals surface area contributed by atoms with E-state index in [1.165, 1.54) is 19.3 Å². The largest absolute Gasteiger partial charge is 0.338 e. The third-order valence-electron chi connectivity index (χ3n) is 4.75. The first-order valence-electron chi connectivity index (χ1n) is 7.19. The first kappa shape index (κ1) is 12.9. The zero-order valence-corrected chi connectivity index (χ0v) is 11.4. The van der Waals surface area contributed by atoms with Crippen molar-refractivity contribution in [1.82, 2.24) is 10.2 Å². The summed E-state index contributed by atoms with van der Waals surface area (Å²) < 4.78 is 0. The molecule has 0 bridgehead atoms. The number of likely N-dealkylation sites (N-methyl/N-ethyl adjacent to an activating group) is 1. The summed E-state index contributed by atoms with van der Waals surface area (Å²) in [5, 5.41) is 3.30. The Kier molecular flexibility index (Phi) is 4.08. The van der Waals surface area contributed by atoms with Crippen LogP contribution in [0.2, 0.25) is 0 Å². The van der Waals surface area contributed by atoms with Gasteiger partial charge < -0.3 is 10.2 Å². The zero-order valence-electron chi connectivity index (χ0n) is 11.4. The Morgan fingerprint density at radius 3 is 2.76 bits per heavy atom. The SMILES string of the molecule is CCNC1CCN(C2CCCC(C)C2C)C1=O. The predicted octanol–water partition coefficient (Wildman–Crippen LogP) is 2.02. The second kappa shape index (κ2) is 5.38. The van der Waals surface area contributed by atoms with E-state index in [0.717, 1.165) is 25.4 Å². The highest BCUT2D eigenvalue weighted by molar-refractivity contribution is 5.84. The van der Waals surface area contributed by atoms with Gasteiger partial charge in [-0.15, -0.1) is 0 Å². The second-order valence-electron chi connectivity index (χ2n) is 5.77. The number of carbonyl (C=O) groups excluding carboxylic acids is 1. The molecule has 0 radical (unpaired) electrons. The van der Waals surface area contributed by atoms with Gasteiger partial charge in [0.2, 0.25) is 5.91 Å². The highest BCUT2D eigenvalue weighted by Gasteiger charge is 2.39. The molecule has 17 heavy (non-hydrogen) atoms. The summed E-state index contributed by atoms with van der Waals surface area (Å²) in [6.45, 7) is 8.57. The summed E-state index contributed by atoms with van der Waals surface area (Å²) in [5.41, 5.74) is 0. The van der Waals surface area contributed by atoms with Crippen LogP contribution in [-0.2, 0) is 4.79 Å². The number of carbonyl (C=O) groups is 1. The van der Waals surface area contributed by atoms with Gasteiger partial charge in [-0.05, 0) is 31.2 Å². The van der Waals surface area contributed by atoms with Crippen molar-refractivity contribution in [1.29, 1.82) is 0 Å². The van der Waals surface area contributed by atoms with E-state index in [2.05, 4.69) is 31.0 Å². The smallest absolute Gasteiger partial charge is 0.240 e. The van der Waals surface area contributed by atoms with Crippen LogP contribution < -0.4 is 5.32 Å². The zero-order chi connectivity index (χ0) is 12.4. The maximum Gasteiger partial charge on any atom is 0.240 e. The Balaban J connectivity index is 2.00. The summed E-state index contributed by atoms with van der Waals surface area (Å²) in [6, 6.07) is 0.583. The van der Waals surface area contributed by atoms with Crippen LogP contribution >= 0.6 is 0 Å². The maximum absolute atomic E-state index is 12.3. The highest BCUT2D eigenvalue weighted by atomic mass is 16.2. The first-order chi connectivity index (χ1) is 8.15. The number of likely N-dealkylation sites (tertiary alicyclic amines) is 1. The number of hydrogen-bond acceptors (Lipinski definition) is 2. The molecule has 98 valence electrons. The molecule has 0 aromatic rings. The molecule has 0 aromatic carbocycles. The maximum atomic E-state index is 12.3. The third kappa shape index (κ3) is 2.49. The van der Waals surface area contributed by atoms with E-state index in [4.69, 9.17) is 0 Å². The normalized spacial score (nSPS) is 38.8. The van der Waals surface area contributed by atoms with Gasteiger partial charge in [0.25, 0.3) is 0 Å². The number of rotatable bonds is 3. The fourth-order valence-corrected chi connectivity index (χ4v) is 3.46. The Labute approximate surface area is 105 Å². The number of amides is 1. The summed E-state index contributed by atoms with van der Waals surface area (Å²) in [4.78, 5) is 14.5. The lowest BCUT2D eigenvalue weighted by molar-refractivity contribution is -0.133. The van der Waals surface area contributed by atoms with Gasteiger partial charge in [-0.25, -0.2) is 0 Å². The van der Waals surface area contributed by atoms with E-state index in [0.29, 0.717) is 17.9 Å². The number of nitrogens with one attached hydrogen (secondary N) is 1. The summed E-state index contributed by atoms with van der Waals surface area (Å²) in [7, 11) is 0. The Bertz CT molecular complexity index is 279. The van der Waals surface area contributed by atoms with E-state index >= 15 is 0 Å². The van der Waals surface area contributed by atoms with E-state index in [-0.39, 0.29) is 6.04 Å². The van der Waals surface area contributed by atoms with Gasteiger partial charge in [0, 0.05) is 12.6 Å². The average molecular weight is 238 g/mol. The monoisotopic (exact) mass is 238 g/mol. The van der Waals surface area contributed by atoms with E-state index in [1.807, 2.05) is 0 Å². The average Bonchev–Trinajstić information content (AvgIpc) is 2.66. The summed E-state index contributed by atoms with van der Waals surface area (Å²) in [6.07, 6.45) is 4.81. The lowest BCUT2D eigenvalue weighted by Gasteiger charge is -2.40. The second-order valence-corrected chi connectivity index (χ2v) is 5.77. The molecule has 1 aliphatic heterocycles. The van der Waals surface area contributed by atoms with Crippen molar-refractivity contribution < 1.29 is 4.79 Å². The van der Waals surface area contributed by atoms with Crippen molar-refractivity contribution in [2.45, 2.75) is 58.5 Å². The standard InChI is InChI=1S/C14H26N2O/c1-4-15-12-8-9-16(14(12)17)13-7-5-6-10(2)11(13)3/h10-13,15H,4-9H2,1-3H3. The van der Waals surface area contributed by atoms with Gasteiger partial charge in [-0.2, -0.15) is 0 Å². The molecule has 2 fully saturated rings. The summed E-state index contributed by atoms with van der Waals surface area (Å²) >= 11 is 0. The van der Waals surface area contributed by atoms with Crippen molar-refractivity contribution in [3.05, 3.63) is 0 Å². The number of hydrogen-bond donors (Lipinski definition) is 1. The minimum Gasteiger partial charge on any atom is -0.338 e. The third-order valence-corrected chi connectivity index (χ3v) is 4.75. The van der Waals surface area contributed by atoms with Crippen molar-refractivity contribution in [3.8, 4) is 0 Å². The van der Waals surface area contributed by atoms with Crippen LogP contribution in [0.5, 0.6) is 0 Å². The van der Waals surface area contributed by atoms with Crippen molar-refractivity contribution >= 4 is 5.91 Å². The lowest BCUT2D eigenvalue weighted by Crippen LogP contribution is -2.47. The molecule has 4 atom stereocenters. The van der Waals surface area contributed by atoms with Crippen LogP contribution in [0.3, 0.4) is 0 Å². The van der Waals surface area contributed by atoms with Gasteiger partial charge in [0.05, 0.1) is 6.04 Å². The fraction of sp³-hybridized carbons (Fsp3) is 0.929. The molecule has 3 nitrogen and oxygen atoms in total. The molecule has 4 unspecified atom stereocenters. The van der Waals surface area contributed by atoms with Crippen molar-refractivity contribution in [2.75, 3.05) is 13.1 Å². The molecule has 1 heterocycles. The number of nitrogens with zero attached hydrogens (tertiary/aromatic N) is 1. The molecule has 0 aromatic heterocycles. The van der Waals surface area contributed by atoms with E-state index in [1.54, 1.807) is 0 Å².